The smallest absolute Gasteiger partial charge is 0.354 e. The third-order valence-corrected chi connectivity index (χ3v) is 5.34. The van der Waals surface area contributed by atoms with Gasteiger partial charge in [0.05, 0.1) is 5.69 Å². The van der Waals surface area contributed by atoms with Crippen LogP contribution in [0.2, 0.25) is 0 Å². The van der Waals surface area contributed by atoms with Crippen molar-refractivity contribution in [3.63, 3.8) is 0 Å². The Labute approximate surface area is 179 Å². The summed E-state index contributed by atoms with van der Waals surface area (Å²) in [7, 11) is 1.27. The molecule has 2 aliphatic heterocycles. The van der Waals surface area contributed by atoms with E-state index in [1.807, 2.05) is 0 Å². The number of nitrogens with one attached hydrogen (secondary N) is 1. The number of carbonyl (C=O) groups is 3. The lowest BCUT2D eigenvalue weighted by Crippen LogP contribution is -2.46. The number of carboxylic acid groups (broad SMARTS) is 1. The lowest BCUT2D eigenvalue weighted by atomic mass is 10.1. The summed E-state index contributed by atoms with van der Waals surface area (Å²) in [5, 5.41) is 20.4. The molecule has 0 bridgehead atoms. The fourth-order valence-corrected chi connectivity index (χ4v) is 3.97. The molecule has 1 fully saturated rings. The molecule has 0 saturated carbocycles. The number of thiazole rings is 1. The SMILES string of the molecule is CO/N=C(/C(=O)N[C@H]1CN2CC(c3ccccn3)=C(C(=O)O)N2C1=O)c1csc(N)n1. The predicted octanol–water partition coefficient (Wildman–Crippen LogP) is -0.476. The number of aromatic nitrogens is 2. The third kappa shape index (κ3) is 3.71. The summed E-state index contributed by atoms with van der Waals surface area (Å²) in [6.07, 6.45) is 1.55. The van der Waals surface area contributed by atoms with Crippen LogP contribution in [0.3, 0.4) is 0 Å². The first-order chi connectivity index (χ1) is 14.9. The summed E-state index contributed by atoms with van der Waals surface area (Å²) < 4.78 is 0. The summed E-state index contributed by atoms with van der Waals surface area (Å²) in [6.45, 7) is 0.246. The zero-order chi connectivity index (χ0) is 22.1. The van der Waals surface area contributed by atoms with Gasteiger partial charge in [0.15, 0.2) is 16.5 Å². The second-order valence-electron chi connectivity index (χ2n) is 6.56. The van der Waals surface area contributed by atoms with E-state index in [0.29, 0.717) is 11.3 Å². The second kappa shape index (κ2) is 8.12. The average Bonchev–Trinajstić information content (AvgIpc) is 3.42. The van der Waals surface area contributed by atoms with Crippen LogP contribution in [-0.4, -0.2) is 74.8 Å². The minimum atomic E-state index is -1.26. The number of hydrogen-bond donors (Lipinski definition) is 3. The number of nitrogens with two attached hydrogens (primary N) is 1. The van der Waals surface area contributed by atoms with Crippen molar-refractivity contribution in [1.82, 2.24) is 25.3 Å². The number of nitrogens with zero attached hydrogens (tertiary/aromatic N) is 5. The maximum absolute atomic E-state index is 13.0. The number of carbonyl (C=O) groups excluding carboxylic acids is 2. The summed E-state index contributed by atoms with van der Waals surface area (Å²) in [5.41, 5.74) is 6.38. The lowest BCUT2D eigenvalue weighted by Gasteiger charge is -2.19. The van der Waals surface area contributed by atoms with Crippen LogP contribution in [0.4, 0.5) is 5.13 Å². The number of pyridine rings is 1. The van der Waals surface area contributed by atoms with Crippen molar-refractivity contribution in [1.29, 1.82) is 0 Å². The Morgan fingerprint density at radius 1 is 1.42 bits per heavy atom. The number of hydrogen-bond acceptors (Lipinski definition) is 10. The van der Waals surface area contributed by atoms with Gasteiger partial charge in [0.25, 0.3) is 11.8 Å². The maximum atomic E-state index is 13.0. The average molecular weight is 443 g/mol. The number of anilines is 1. The van der Waals surface area contributed by atoms with E-state index < -0.39 is 23.8 Å². The van der Waals surface area contributed by atoms with E-state index in [9.17, 15) is 19.5 Å². The first-order valence-electron chi connectivity index (χ1n) is 9.00. The highest BCUT2D eigenvalue weighted by Gasteiger charge is 2.48. The molecule has 1 saturated heterocycles. The normalized spacial score (nSPS) is 19.0. The molecular formula is C18H17N7O5S. The van der Waals surface area contributed by atoms with Crippen LogP contribution in [0.5, 0.6) is 0 Å². The quantitative estimate of drug-likeness (QED) is 0.395. The number of hydrazine groups is 1. The first-order valence-corrected chi connectivity index (χ1v) is 9.88. The van der Waals surface area contributed by atoms with Gasteiger partial charge in [0, 0.05) is 30.2 Å². The van der Waals surface area contributed by atoms with Crippen LogP contribution in [0, 0.1) is 0 Å². The molecule has 0 aliphatic carbocycles. The fourth-order valence-electron chi connectivity index (χ4n) is 3.42. The standard InChI is InChI=1S/C18H17N7O5S/c1-30-23-13(12-8-31-18(19)22-12)15(26)21-11-7-24-6-9(10-4-2-3-5-20-10)14(17(28)29)25(24)16(11)27/h2-5,8,11H,6-7H2,1H3,(H2,19,22)(H,21,26)(H,28,29)/b23-13+/t11-/m0/s1. The topological polar surface area (TPSA) is 163 Å². The molecule has 2 aliphatic rings. The molecule has 4 N–H and O–H groups in total. The Morgan fingerprint density at radius 2 is 2.23 bits per heavy atom. The predicted molar refractivity (Wildman–Crippen MR) is 109 cm³/mol. The van der Waals surface area contributed by atoms with E-state index >= 15 is 0 Å². The monoisotopic (exact) mass is 443 g/mol. The number of oxime groups is 1. The number of fused-ring (bicyclic) bond motifs is 1. The zero-order valence-electron chi connectivity index (χ0n) is 16.2. The van der Waals surface area contributed by atoms with Crippen LogP contribution in [0.25, 0.3) is 5.57 Å². The number of rotatable bonds is 6. The fraction of sp³-hybridized carbons (Fsp3) is 0.222. The molecule has 0 unspecified atom stereocenters. The Balaban J connectivity index is 1.57. The Kier molecular flexibility index (Phi) is 5.35. The van der Waals surface area contributed by atoms with E-state index in [-0.39, 0.29) is 35.3 Å². The molecule has 0 spiro atoms. The van der Waals surface area contributed by atoms with Gasteiger partial charge in [-0.1, -0.05) is 11.2 Å². The number of amides is 2. The number of aliphatic carboxylic acids is 1. The zero-order valence-corrected chi connectivity index (χ0v) is 17.0. The van der Waals surface area contributed by atoms with Gasteiger partial charge >= 0.3 is 5.97 Å². The summed E-state index contributed by atoms with van der Waals surface area (Å²) in [5.74, 6) is -2.53. The van der Waals surface area contributed by atoms with E-state index in [4.69, 9.17) is 10.6 Å². The highest BCUT2D eigenvalue weighted by molar-refractivity contribution is 7.13. The van der Waals surface area contributed by atoms with E-state index in [0.717, 1.165) is 16.3 Å². The van der Waals surface area contributed by atoms with Crippen LogP contribution in [0.1, 0.15) is 11.4 Å². The minimum Gasteiger partial charge on any atom is -0.477 e. The summed E-state index contributed by atoms with van der Waals surface area (Å²) >= 11 is 1.12. The van der Waals surface area contributed by atoms with Gasteiger partial charge in [-0.3, -0.25) is 14.6 Å². The molecule has 0 aromatic carbocycles. The van der Waals surface area contributed by atoms with Gasteiger partial charge in [-0.05, 0) is 12.1 Å². The molecule has 160 valence electrons. The highest BCUT2D eigenvalue weighted by Crippen LogP contribution is 2.34. The molecule has 2 amide bonds. The summed E-state index contributed by atoms with van der Waals surface area (Å²) in [4.78, 5) is 50.6. The van der Waals surface area contributed by atoms with Crippen molar-refractivity contribution in [2.24, 2.45) is 5.16 Å². The number of carboxylic acids is 1. The van der Waals surface area contributed by atoms with Crippen LogP contribution in [-0.2, 0) is 19.2 Å². The van der Waals surface area contributed by atoms with Gasteiger partial charge in [-0.15, -0.1) is 11.3 Å². The number of nitrogen functional groups attached to an aromatic ring is 1. The van der Waals surface area contributed by atoms with Crippen molar-refractivity contribution in [3.05, 3.63) is 46.9 Å². The van der Waals surface area contributed by atoms with E-state index in [1.165, 1.54) is 12.5 Å². The molecule has 13 heteroatoms. The maximum Gasteiger partial charge on any atom is 0.354 e. The Hall–Kier alpha value is -3.84. The molecule has 4 heterocycles. The van der Waals surface area contributed by atoms with Gasteiger partial charge < -0.3 is 21.0 Å². The van der Waals surface area contributed by atoms with Crippen LogP contribution >= 0.6 is 11.3 Å². The molecule has 2 aromatic heterocycles. The lowest BCUT2D eigenvalue weighted by molar-refractivity contribution is -0.143. The van der Waals surface area contributed by atoms with Gasteiger partial charge in [-0.2, -0.15) is 0 Å². The largest absolute Gasteiger partial charge is 0.477 e. The van der Waals surface area contributed by atoms with Crippen molar-refractivity contribution in [2.75, 3.05) is 25.9 Å². The highest BCUT2D eigenvalue weighted by atomic mass is 32.1. The van der Waals surface area contributed by atoms with Crippen molar-refractivity contribution >= 4 is 45.5 Å². The molecule has 31 heavy (non-hydrogen) atoms. The minimum absolute atomic E-state index is 0.0805. The van der Waals surface area contributed by atoms with Crippen molar-refractivity contribution in [2.45, 2.75) is 6.04 Å². The Bertz CT molecular complexity index is 1110. The molecule has 4 rings (SSSR count). The van der Waals surface area contributed by atoms with Crippen molar-refractivity contribution < 1.29 is 24.3 Å². The molecular weight excluding hydrogens is 426 g/mol. The van der Waals surface area contributed by atoms with Gasteiger partial charge in [0.1, 0.15) is 18.8 Å². The summed E-state index contributed by atoms with van der Waals surface area (Å²) in [6, 6.07) is 4.15. The molecule has 1 atom stereocenters. The molecule has 2 aromatic rings. The van der Waals surface area contributed by atoms with Crippen molar-refractivity contribution in [3.8, 4) is 0 Å². The van der Waals surface area contributed by atoms with Crippen LogP contribution in [0.15, 0.2) is 40.6 Å². The van der Waals surface area contributed by atoms with E-state index in [2.05, 4.69) is 20.4 Å². The Morgan fingerprint density at radius 3 is 2.84 bits per heavy atom. The van der Waals surface area contributed by atoms with Gasteiger partial charge in [-0.25, -0.2) is 19.8 Å². The third-order valence-electron chi connectivity index (χ3n) is 4.67. The molecule has 0 radical (unpaired) electrons. The first kappa shape index (κ1) is 20.4. The van der Waals surface area contributed by atoms with Gasteiger partial charge in [0.2, 0.25) is 0 Å². The second-order valence-corrected chi connectivity index (χ2v) is 7.45. The van der Waals surface area contributed by atoms with Crippen LogP contribution < -0.4 is 11.1 Å². The molecule has 12 nitrogen and oxygen atoms in total. The van der Waals surface area contributed by atoms with E-state index in [1.54, 1.807) is 29.4 Å².